The first-order chi connectivity index (χ1) is 16.9. The number of fused-ring (bicyclic) bond motifs is 1. The highest BCUT2D eigenvalue weighted by Crippen LogP contribution is 2.40. The Bertz CT molecular complexity index is 1500. The summed E-state index contributed by atoms with van der Waals surface area (Å²) in [5, 5.41) is 13.8. The van der Waals surface area contributed by atoms with Gasteiger partial charge in [0.1, 0.15) is 6.67 Å². The number of nitrogens with zero attached hydrogens (tertiary/aromatic N) is 3. The van der Waals surface area contributed by atoms with Crippen molar-refractivity contribution in [2.75, 3.05) is 0 Å². The van der Waals surface area contributed by atoms with Crippen LogP contribution in [0.15, 0.2) is 85.3 Å². The van der Waals surface area contributed by atoms with E-state index in [1.807, 2.05) is 43.4 Å². The zero-order chi connectivity index (χ0) is 24.6. The average molecular weight is 506 g/mol. The van der Waals surface area contributed by atoms with Gasteiger partial charge in [-0.3, -0.25) is 0 Å². The van der Waals surface area contributed by atoms with E-state index in [4.69, 9.17) is 23.2 Å². The Morgan fingerprint density at radius 2 is 1.69 bits per heavy atom. The highest BCUT2D eigenvalue weighted by atomic mass is 35.5. The molecule has 5 rings (SSSR count). The highest BCUT2D eigenvalue weighted by Gasteiger charge is 2.37. The van der Waals surface area contributed by atoms with Crippen molar-refractivity contribution in [3.63, 3.8) is 0 Å². The topological polar surface area (TPSA) is 50.9 Å². The van der Waals surface area contributed by atoms with E-state index in [1.165, 1.54) is 0 Å². The summed E-state index contributed by atoms with van der Waals surface area (Å²) in [5.41, 5.74) is 2.77. The SMILES string of the molecule is Cn1cncc1C(O)(c1ccc(Cl)cc1)c1ccc2nc(CF)c(Cc3ccccc3)c(Cl)c2c1. The maximum atomic E-state index is 14.0. The molecule has 0 bridgehead atoms. The molecule has 0 saturated carbocycles. The van der Waals surface area contributed by atoms with Gasteiger partial charge in [-0.05, 0) is 41.0 Å². The summed E-state index contributed by atoms with van der Waals surface area (Å²) in [6.07, 6.45) is 3.72. The molecule has 176 valence electrons. The predicted octanol–water partition coefficient (Wildman–Crippen LogP) is 6.62. The van der Waals surface area contributed by atoms with Crippen molar-refractivity contribution in [2.24, 2.45) is 7.05 Å². The number of rotatable bonds is 6. The number of hydrogen-bond donors (Lipinski definition) is 1. The largest absolute Gasteiger partial charge is 0.374 e. The van der Waals surface area contributed by atoms with Crippen LogP contribution in [-0.2, 0) is 25.7 Å². The van der Waals surface area contributed by atoms with Crippen molar-refractivity contribution in [3.05, 3.63) is 129 Å². The Labute approximate surface area is 212 Å². The van der Waals surface area contributed by atoms with Gasteiger partial charge >= 0.3 is 0 Å². The molecule has 0 aliphatic heterocycles. The maximum Gasteiger partial charge on any atom is 0.156 e. The van der Waals surface area contributed by atoms with Gasteiger partial charge in [0.05, 0.1) is 34.5 Å². The Morgan fingerprint density at radius 3 is 2.34 bits per heavy atom. The zero-order valence-electron chi connectivity index (χ0n) is 18.9. The average Bonchev–Trinajstić information content (AvgIpc) is 3.32. The van der Waals surface area contributed by atoms with Gasteiger partial charge < -0.3 is 9.67 Å². The summed E-state index contributed by atoms with van der Waals surface area (Å²) in [4.78, 5) is 8.78. The number of pyridine rings is 1. The van der Waals surface area contributed by atoms with Crippen LogP contribution in [-0.4, -0.2) is 19.6 Å². The van der Waals surface area contributed by atoms with Crippen LogP contribution in [0, 0.1) is 0 Å². The van der Waals surface area contributed by atoms with E-state index in [-0.39, 0.29) is 0 Å². The van der Waals surface area contributed by atoms with Crippen molar-refractivity contribution in [1.82, 2.24) is 14.5 Å². The third-order valence-electron chi connectivity index (χ3n) is 6.32. The molecule has 5 aromatic rings. The van der Waals surface area contributed by atoms with Crippen molar-refractivity contribution in [2.45, 2.75) is 18.7 Å². The highest BCUT2D eigenvalue weighted by molar-refractivity contribution is 6.36. The van der Waals surface area contributed by atoms with Crippen LogP contribution in [0.5, 0.6) is 0 Å². The fourth-order valence-corrected chi connectivity index (χ4v) is 4.94. The lowest BCUT2D eigenvalue weighted by Crippen LogP contribution is -2.31. The number of hydrogen-bond acceptors (Lipinski definition) is 3. The summed E-state index contributed by atoms with van der Waals surface area (Å²) in [6, 6.07) is 22.2. The Hall–Kier alpha value is -3.25. The first-order valence-electron chi connectivity index (χ1n) is 11.1. The van der Waals surface area contributed by atoms with E-state index in [9.17, 15) is 9.50 Å². The Morgan fingerprint density at radius 1 is 0.971 bits per heavy atom. The lowest BCUT2D eigenvalue weighted by molar-refractivity contribution is 0.117. The van der Waals surface area contributed by atoms with Crippen molar-refractivity contribution >= 4 is 34.1 Å². The van der Waals surface area contributed by atoms with E-state index in [2.05, 4.69) is 9.97 Å². The van der Waals surface area contributed by atoms with Crippen LogP contribution in [0.1, 0.15) is 33.6 Å². The molecule has 0 aliphatic rings. The number of halogens is 3. The first kappa shape index (κ1) is 23.5. The molecule has 0 amide bonds. The molecule has 3 aromatic carbocycles. The van der Waals surface area contributed by atoms with Crippen LogP contribution >= 0.6 is 23.2 Å². The molecule has 0 spiro atoms. The summed E-state index contributed by atoms with van der Waals surface area (Å²) >= 11 is 13.0. The van der Waals surface area contributed by atoms with Gasteiger partial charge in [0.25, 0.3) is 0 Å². The van der Waals surface area contributed by atoms with Crippen LogP contribution < -0.4 is 0 Å². The minimum absolute atomic E-state index is 0.318. The summed E-state index contributed by atoms with van der Waals surface area (Å²) in [5.74, 6) is 0. The molecule has 1 N–H and O–H groups in total. The monoisotopic (exact) mass is 505 g/mol. The molecule has 0 fully saturated rings. The lowest BCUT2D eigenvalue weighted by atomic mass is 9.83. The van der Waals surface area contributed by atoms with Gasteiger partial charge in [0, 0.05) is 29.4 Å². The van der Waals surface area contributed by atoms with Gasteiger partial charge in [0.15, 0.2) is 5.60 Å². The molecule has 1 unspecified atom stereocenters. The molecule has 35 heavy (non-hydrogen) atoms. The van der Waals surface area contributed by atoms with Gasteiger partial charge in [0.2, 0.25) is 0 Å². The minimum Gasteiger partial charge on any atom is -0.374 e. The number of alkyl halides is 1. The number of aromatic nitrogens is 3. The number of aryl methyl sites for hydroxylation is 1. The summed E-state index contributed by atoms with van der Waals surface area (Å²) in [6.45, 7) is -0.719. The summed E-state index contributed by atoms with van der Waals surface area (Å²) in [7, 11) is 1.82. The molecule has 4 nitrogen and oxygen atoms in total. The van der Waals surface area contributed by atoms with Crippen LogP contribution in [0.4, 0.5) is 4.39 Å². The molecule has 0 saturated heterocycles. The second-order valence-corrected chi connectivity index (χ2v) is 9.30. The molecule has 2 aromatic heterocycles. The minimum atomic E-state index is -1.54. The van der Waals surface area contributed by atoms with Crippen LogP contribution in [0.3, 0.4) is 0 Å². The second-order valence-electron chi connectivity index (χ2n) is 8.49. The van der Waals surface area contributed by atoms with E-state index >= 15 is 0 Å². The molecular weight excluding hydrogens is 484 g/mol. The predicted molar refractivity (Wildman–Crippen MR) is 138 cm³/mol. The number of aliphatic hydroxyl groups is 1. The van der Waals surface area contributed by atoms with E-state index in [0.29, 0.717) is 55.4 Å². The van der Waals surface area contributed by atoms with E-state index < -0.39 is 12.3 Å². The van der Waals surface area contributed by atoms with Gasteiger partial charge in [-0.2, -0.15) is 0 Å². The fourth-order valence-electron chi connectivity index (χ4n) is 4.49. The third kappa shape index (κ3) is 4.20. The smallest absolute Gasteiger partial charge is 0.156 e. The van der Waals surface area contributed by atoms with Crippen LogP contribution in [0.2, 0.25) is 10.0 Å². The fraction of sp³-hybridized carbons (Fsp3) is 0.143. The standard InChI is InChI=1S/C28H22Cl2FN3O/c1-34-17-32-16-26(34)28(35,19-7-10-21(29)11-8-19)20-9-12-24-23(14-20)27(30)22(25(15-31)33-24)13-18-5-3-2-4-6-18/h2-12,14,16-17,35H,13,15H2,1H3. The van der Waals surface area contributed by atoms with Gasteiger partial charge in [-0.25, -0.2) is 14.4 Å². The summed E-state index contributed by atoms with van der Waals surface area (Å²) < 4.78 is 15.7. The maximum absolute atomic E-state index is 14.0. The number of benzene rings is 3. The second kappa shape index (κ2) is 9.42. The molecule has 1 atom stereocenters. The quantitative estimate of drug-likeness (QED) is 0.282. The van der Waals surface area contributed by atoms with Gasteiger partial charge in [-0.15, -0.1) is 0 Å². The molecule has 2 heterocycles. The van der Waals surface area contributed by atoms with E-state index in [0.717, 1.165) is 5.56 Å². The van der Waals surface area contributed by atoms with Crippen LogP contribution in [0.25, 0.3) is 10.9 Å². The lowest BCUT2D eigenvalue weighted by Gasteiger charge is -2.30. The Kier molecular flexibility index (Phi) is 6.32. The Balaban J connectivity index is 1.72. The number of imidazole rings is 1. The first-order valence-corrected chi connectivity index (χ1v) is 11.8. The normalized spacial score (nSPS) is 13.2. The molecular formula is C28H22Cl2FN3O. The molecule has 7 heteroatoms. The third-order valence-corrected chi connectivity index (χ3v) is 7.00. The van der Waals surface area contributed by atoms with Crippen molar-refractivity contribution in [1.29, 1.82) is 0 Å². The molecule has 0 aliphatic carbocycles. The zero-order valence-corrected chi connectivity index (χ0v) is 20.4. The van der Waals surface area contributed by atoms with Crippen molar-refractivity contribution < 1.29 is 9.50 Å². The van der Waals surface area contributed by atoms with E-state index in [1.54, 1.807) is 53.5 Å². The van der Waals surface area contributed by atoms with Crippen molar-refractivity contribution in [3.8, 4) is 0 Å². The van der Waals surface area contributed by atoms with Gasteiger partial charge in [-0.1, -0.05) is 71.7 Å². The molecule has 0 radical (unpaired) electrons.